The summed E-state index contributed by atoms with van der Waals surface area (Å²) in [6, 6.07) is 14.7. The van der Waals surface area contributed by atoms with E-state index >= 15 is 0 Å². The zero-order valence-electron chi connectivity index (χ0n) is 19.3. The third kappa shape index (κ3) is 5.69. The summed E-state index contributed by atoms with van der Waals surface area (Å²) in [5, 5.41) is 5.20. The van der Waals surface area contributed by atoms with E-state index in [1.807, 2.05) is 67.8 Å². The topological polar surface area (TPSA) is 62.3 Å². The second-order valence-electron chi connectivity index (χ2n) is 8.79. The maximum Gasteiger partial charge on any atom is 0.249 e. The molecule has 0 saturated heterocycles. The van der Waals surface area contributed by atoms with Gasteiger partial charge in [-0.3, -0.25) is 19.5 Å². The van der Waals surface area contributed by atoms with Gasteiger partial charge in [0.05, 0.1) is 12.1 Å². The molecular formula is C27H31N3O2S. The first kappa shape index (κ1) is 23.2. The zero-order chi connectivity index (χ0) is 23.2. The Balaban J connectivity index is 1.74. The normalized spacial score (nSPS) is 15.1. The van der Waals surface area contributed by atoms with Gasteiger partial charge in [0.15, 0.2) is 6.04 Å². The van der Waals surface area contributed by atoms with Crippen molar-refractivity contribution in [1.29, 1.82) is 0 Å². The Morgan fingerprint density at radius 1 is 1.06 bits per heavy atom. The number of carbonyl (C=O) groups is 2. The van der Waals surface area contributed by atoms with Gasteiger partial charge in [0.1, 0.15) is 0 Å². The number of rotatable bonds is 7. The van der Waals surface area contributed by atoms with E-state index in [9.17, 15) is 9.59 Å². The Morgan fingerprint density at radius 2 is 1.88 bits per heavy atom. The molecule has 172 valence electrons. The number of hydrogen-bond acceptors (Lipinski definition) is 4. The van der Waals surface area contributed by atoms with Gasteiger partial charge in [-0.15, -0.1) is 11.3 Å². The van der Waals surface area contributed by atoms with E-state index < -0.39 is 6.04 Å². The number of nitrogens with one attached hydrogen (secondary N) is 1. The van der Waals surface area contributed by atoms with Crippen molar-refractivity contribution in [2.75, 3.05) is 4.90 Å². The summed E-state index contributed by atoms with van der Waals surface area (Å²) in [4.78, 5) is 34.6. The highest BCUT2D eigenvalue weighted by Crippen LogP contribution is 2.30. The van der Waals surface area contributed by atoms with Crippen LogP contribution in [0.15, 0.2) is 60.1 Å². The number of thiophene rings is 1. The Morgan fingerprint density at radius 3 is 2.55 bits per heavy atom. The summed E-state index contributed by atoms with van der Waals surface area (Å²) in [6.07, 6.45) is 7.34. The van der Waals surface area contributed by atoms with E-state index in [1.54, 1.807) is 22.4 Å². The number of benzene rings is 1. The third-order valence-electron chi connectivity index (χ3n) is 6.37. The molecule has 2 heterocycles. The first-order valence-corrected chi connectivity index (χ1v) is 12.5. The molecule has 0 aliphatic heterocycles. The second kappa shape index (κ2) is 10.8. The maximum absolute atomic E-state index is 13.7. The van der Waals surface area contributed by atoms with Gasteiger partial charge in [-0.1, -0.05) is 37.5 Å². The standard InChI is InChI=1S/C27H31N3O2S/c1-19-13-14-22(17-20(19)2)30(25(31)18-23-11-8-16-33-23)26(24-12-6-7-15-28-24)27(32)29-21-9-4-3-5-10-21/h6-8,11-17,21,26H,3-5,9-10,18H2,1-2H3,(H,29,32)/t26-/m1/s1. The molecule has 5 nitrogen and oxygen atoms in total. The zero-order valence-corrected chi connectivity index (χ0v) is 20.1. The van der Waals surface area contributed by atoms with Crippen LogP contribution in [0.4, 0.5) is 5.69 Å². The van der Waals surface area contributed by atoms with Crippen LogP contribution >= 0.6 is 11.3 Å². The lowest BCUT2D eigenvalue weighted by molar-refractivity contribution is -0.127. The average molecular weight is 462 g/mol. The van der Waals surface area contributed by atoms with Crippen LogP contribution in [0.5, 0.6) is 0 Å². The summed E-state index contributed by atoms with van der Waals surface area (Å²) in [7, 11) is 0. The highest BCUT2D eigenvalue weighted by molar-refractivity contribution is 7.10. The molecule has 1 aromatic carbocycles. The van der Waals surface area contributed by atoms with Gasteiger partial charge in [0.25, 0.3) is 0 Å². The van der Waals surface area contributed by atoms with Gasteiger partial charge in [0, 0.05) is 22.8 Å². The number of anilines is 1. The molecule has 4 rings (SSSR count). The number of carbonyl (C=O) groups excluding carboxylic acids is 2. The quantitative estimate of drug-likeness (QED) is 0.503. The van der Waals surface area contributed by atoms with Crippen molar-refractivity contribution in [1.82, 2.24) is 10.3 Å². The predicted octanol–water partition coefficient (Wildman–Crippen LogP) is 5.53. The van der Waals surface area contributed by atoms with Gasteiger partial charge in [-0.25, -0.2) is 0 Å². The number of aromatic nitrogens is 1. The number of aryl methyl sites for hydroxylation is 2. The minimum atomic E-state index is -0.831. The molecule has 1 atom stereocenters. The van der Waals surface area contributed by atoms with Crippen molar-refractivity contribution < 1.29 is 9.59 Å². The summed E-state index contributed by atoms with van der Waals surface area (Å²) >= 11 is 1.55. The van der Waals surface area contributed by atoms with Gasteiger partial charge in [0.2, 0.25) is 11.8 Å². The van der Waals surface area contributed by atoms with Crippen LogP contribution < -0.4 is 10.2 Å². The molecule has 1 aliphatic carbocycles. The van der Waals surface area contributed by atoms with E-state index in [0.29, 0.717) is 11.4 Å². The van der Waals surface area contributed by atoms with E-state index in [0.717, 1.165) is 41.7 Å². The van der Waals surface area contributed by atoms with Gasteiger partial charge in [-0.2, -0.15) is 0 Å². The van der Waals surface area contributed by atoms with Crippen LogP contribution in [-0.4, -0.2) is 22.8 Å². The van der Waals surface area contributed by atoms with Crippen molar-refractivity contribution in [3.63, 3.8) is 0 Å². The molecule has 2 aromatic heterocycles. The lowest BCUT2D eigenvalue weighted by Crippen LogP contribution is -2.48. The fraction of sp³-hybridized carbons (Fsp3) is 0.370. The fourth-order valence-electron chi connectivity index (χ4n) is 4.41. The summed E-state index contributed by atoms with van der Waals surface area (Å²) in [5.74, 6) is -0.284. The molecule has 0 bridgehead atoms. The van der Waals surface area contributed by atoms with Crippen LogP contribution in [0.1, 0.15) is 59.8 Å². The highest BCUT2D eigenvalue weighted by atomic mass is 32.1. The smallest absolute Gasteiger partial charge is 0.249 e. The highest BCUT2D eigenvalue weighted by Gasteiger charge is 2.35. The van der Waals surface area contributed by atoms with E-state index in [2.05, 4.69) is 10.3 Å². The summed E-state index contributed by atoms with van der Waals surface area (Å²) < 4.78 is 0. The van der Waals surface area contributed by atoms with Crippen molar-refractivity contribution in [2.24, 2.45) is 0 Å². The minimum absolute atomic E-state index is 0.116. The van der Waals surface area contributed by atoms with Crippen LogP contribution in [0, 0.1) is 13.8 Å². The van der Waals surface area contributed by atoms with Crippen LogP contribution in [0.2, 0.25) is 0 Å². The molecular weight excluding hydrogens is 430 g/mol. The molecule has 33 heavy (non-hydrogen) atoms. The summed E-state index contributed by atoms with van der Waals surface area (Å²) in [6.45, 7) is 4.07. The Kier molecular flexibility index (Phi) is 7.55. The number of amides is 2. The van der Waals surface area contributed by atoms with E-state index in [4.69, 9.17) is 0 Å². The minimum Gasteiger partial charge on any atom is -0.351 e. The van der Waals surface area contributed by atoms with Crippen molar-refractivity contribution in [2.45, 2.75) is 64.5 Å². The molecule has 0 spiro atoms. The summed E-state index contributed by atoms with van der Waals surface area (Å²) in [5.41, 5.74) is 3.51. The van der Waals surface area contributed by atoms with Gasteiger partial charge >= 0.3 is 0 Å². The fourth-order valence-corrected chi connectivity index (χ4v) is 5.10. The molecule has 0 radical (unpaired) electrons. The number of nitrogens with zero attached hydrogens (tertiary/aromatic N) is 2. The average Bonchev–Trinajstić information content (AvgIpc) is 3.33. The third-order valence-corrected chi connectivity index (χ3v) is 7.25. The van der Waals surface area contributed by atoms with Gasteiger partial charge in [-0.05, 0) is 73.5 Å². The number of pyridine rings is 1. The van der Waals surface area contributed by atoms with Crippen LogP contribution in [0.3, 0.4) is 0 Å². The van der Waals surface area contributed by atoms with Crippen molar-refractivity contribution in [3.05, 3.63) is 81.8 Å². The van der Waals surface area contributed by atoms with E-state index in [1.165, 1.54) is 6.42 Å². The SMILES string of the molecule is Cc1ccc(N(C(=O)Cc2cccs2)[C@@H](C(=O)NC2CCCCC2)c2ccccn2)cc1C. The Bertz CT molecular complexity index is 1080. The first-order chi connectivity index (χ1) is 16.0. The lowest BCUT2D eigenvalue weighted by atomic mass is 9.95. The molecule has 1 saturated carbocycles. The Labute approximate surface area is 199 Å². The molecule has 1 aliphatic rings. The Hall–Kier alpha value is -2.99. The monoisotopic (exact) mass is 461 g/mol. The molecule has 1 N–H and O–H groups in total. The van der Waals surface area contributed by atoms with Crippen LogP contribution in [0.25, 0.3) is 0 Å². The molecule has 3 aromatic rings. The van der Waals surface area contributed by atoms with Crippen molar-refractivity contribution in [3.8, 4) is 0 Å². The molecule has 0 unspecified atom stereocenters. The maximum atomic E-state index is 13.7. The van der Waals surface area contributed by atoms with Gasteiger partial charge < -0.3 is 5.32 Å². The predicted molar refractivity (Wildman–Crippen MR) is 133 cm³/mol. The number of hydrogen-bond donors (Lipinski definition) is 1. The molecule has 1 fully saturated rings. The molecule has 2 amide bonds. The first-order valence-electron chi connectivity index (χ1n) is 11.7. The largest absolute Gasteiger partial charge is 0.351 e. The van der Waals surface area contributed by atoms with Crippen LogP contribution in [-0.2, 0) is 16.0 Å². The lowest BCUT2D eigenvalue weighted by Gasteiger charge is -2.33. The van der Waals surface area contributed by atoms with Crippen molar-refractivity contribution >= 4 is 28.8 Å². The molecule has 6 heteroatoms. The van der Waals surface area contributed by atoms with E-state index in [-0.39, 0.29) is 24.3 Å². The second-order valence-corrected chi connectivity index (χ2v) is 9.82.